The van der Waals surface area contributed by atoms with E-state index in [4.69, 9.17) is 16.3 Å². The predicted molar refractivity (Wildman–Crippen MR) is 102 cm³/mol. The number of sulfonamides is 1. The number of amides is 1. The van der Waals surface area contributed by atoms with Crippen LogP contribution in [0.3, 0.4) is 0 Å². The van der Waals surface area contributed by atoms with Crippen LogP contribution < -0.4 is 14.2 Å². The lowest BCUT2D eigenvalue weighted by atomic mass is 9.96. The number of ether oxygens (including phenoxy) is 2. The first kappa shape index (κ1) is 22.2. The first-order valence-corrected chi connectivity index (χ1v) is 10.9. The average molecular weight is 465 g/mol. The van der Waals surface area contributed by atoms with Gasteiger partial charge in [0, 0.05) is 17.3 Å². The van der Waals surface area contributed by atoms with Gasteiger partial charge < -0.3 is 9.47 Å². The molecule has 0 radical (unpaired) electrons. The fraction of sp³-hybridized carbons (Fsp3) is 0.333. The molecule has 162 valence electrons. The van der Waals surface area contributed by atoms with Gasteiger partial charge in [-0.1, -0.05) is 11.6 Å². The maximum atomic E-state index is 14.5. The van der Waals surface area contributed by atoms with Crippen LogP contribution in [0.15, 0.2) is 24.4 Å². The first-order chi connectivity index (χ1) is 14.0. The molecule has 0 saturated heterocycles. The van der Waals surface area contributed by atoms with E-state index < -0.39 is 39.7 Å². The van der Waals surface area contributed by atoms with E-state index in [0.29, 0.717) is 12.3 Å². The molecule has 1 aliphatic carbocycles. The highest BCUT2D eigenvalue weighted by atomic mass is 35.5. The third-order valence-corrected chi connectivity index (χ3v) is 5.08. The number of carbonyl (C=O) groups excluding carboxylic acids is 1. The standard InChI is InChI=1S/C18H16ClF3N2O5S/c1-30(26,27)24-16(25)12-7-15(29-18(21)22)11(6-14(12)20)9-5-13(19)17(23-8-9)28-10-3-2-4-10/h5-8,10,18H,2-4H2,1H3,(H,24,25). The fourth-order valence-corrected chi connectivity index (χ4v) is 3.33. The summed E-state index contributed by atoms with van der Waals surface area (Å²) in [5.74, 6) is -2.89. The van der Waals surface area contributed by atoms with E-state index in [1.807, 2.05) is 0 Å². The minimum Gasteiger partial charge on any atom is -0.473 e. The fourth-order valence-electron chi connectivity index (χ4n) is 2.68. The van der Waals surface area contributed by atoms with Crippen LogP contribution in [0.4, 0.5) is 13.2 Å². The summed E-state index contributed by atoms with van der Waals surface area (Å²) in [6, 6.07) is 2.78. The molecule has 0 unspecified atom stereocenters. The monoisotopic (exact) mass is 464 g/mol. The highest BCUT2D eigenvalue weighted by Crippen LogP contribution is 2.37. The number of pyridine rings is 1. The Morgan fingerprint density at radius 1 is 1.30 bits per heavy atom. The molecule has 2 aromatic rings. The van der Waals surface area contributed by atoms with E-state index in [9.17, 15) is 26.4 Å². The Labute approximate surface area is 175 Å². The summed E-state index contributed by atoms with van der Waals surface area (Å²) in [5, 5.41) is 0.0849. The van der Waals surface area contributed by atoms with Crippen molar-refractivity contribution < 1.29 is 35.9 Å². The quantitative estimate of drug-likeness (QED) is 0.670. The van der Waals surface area contributed by atoms with Gasteiger partial charge in [-0.25, -0.2) is 22.5 Å². The summed E-state index contributed by atoms with van der Waals surface area (Å²) in [6.07, 6.45) is 4.71. The molecule has 0 atom stereocenters. The lowest BCUT2D eigenvalue weighted by Gasteiger charge is -2.26. The normalized spacial score (nSPS) is 14.3. The first-order valence-electron chi connectivity index (χ1n) is 8.66. The van der Waals surface area contributed by atoms with Gasteiger partial charge in [-0.3, -0.25) is 4.79 Å². The van der Waals surface area contributed by atoms with Crippen molar-refractivity contribution in [1.29, 1.82) is 0 Å². The topological polar surface area (TPSA) is 94.6 Å². The highest BCUT2D eigenvalue weighted by molar-refractivity contribution is 7.89. The van der Waals surface area contributed by atoms with Crippen molar-refractivity contribution in [2.24, 2.45) is 0 Å². The van der Waals surface area contributed by atoms with Crippen molar-refractivity contribution in [3.8, 4) is 22.8 Å². The maximum Gasteiger partial charge on any atom is 0.387 e. The van der Waals surface area contributed by atoms with Crippen LogP contribution in [-0.4, -0.2) is 38.3 Å². The van der Waals surface area contributed by atoms with Crippen LogP contribution in [0.25, 0.3) is 11.1 Å². The van der Waals surface area contributed by atoms with Crippen molar-refractivity contribution in [2.75, 3.05) is 6.26 Å². The summed E-state index contributed by atoms with van der Waals surface area (Å²) in [7, 11) is -4.00. The molecule has 3 rings (SSSR count). The van der Waals surface area contributed by atoms with Gasteiger partial charge in [0.25, 0.3) is 5.91 Å². The molecule has 30 heavy (non-hydrogen) atoms. The van der Waals surface area contributed by atoms with Gasteiger partial charge in [-0.05, 0) is 37.5 Å². The van der Waals surface area contributed by atoms with Crippen LogP contribution in [0.5, 0.6) is 11.6 Å². The molecule has 12 heteroatoms. The predicted octanol–water partition coefficient (Wildman–Crippen LogP) is 3.76. The molecule has 1 N–H and O–H groups in total. The number of carbonyl (C=O) groups is 1. The molecule has 0 aliphatic heterocycles. The molecule has 1 heterocycles. The third-order valence-electron chi connectivity index (χ3n) is 4.26. The second-order valence-electron chi connectivity index (χ2n) is 6.59. The molecule has 1 aliphatic rings. The second kappa shape index (κ2) is 8.68. The Morgan fingerprint density at radius 2 is 2.00 bits per heavy atom. The number of rotatable bonds is 7. The number of benzene rings is 1. The number of hydrogen-bond donors (Lipinski definition) is 1. The zero-order chi connectivity index (χ0) is 22.1. The molecule has 7 nitrogen and oxygen atoms in total. The second-order valence-corrected chi connectivity index (χ2v) is 8.75. The molecular weight excluding hydrogens is 449 g/mol. The van der Waals surface area contributed by atoms with Gasteiger partial charge in [-0.15, -0.1) is 0 Å². The molecule has 1 aromatic heterocycles. The summed E-state index contributed by atoms with van der Waals surface area (Å²) in [4.78, 5) is 16.0. The maximum absolute atomic E-state index is 14.5. The Hall–Kier alpha value is -2.53. The Kier molecular flexibility index (Phi) is 6.41. The molecule has 1 saturated carbocycles. The van der Waals surface area contributed by atoms with E-state index in [2.05, 4.69) is 9.72 Å². The van der Waals surface area contributed by atoms with E-state index in [0.717, 1.165) is 25.3 Å². The van der Waals surface area contributed by atoms with Crippen molar-refractivity contribution >= 4 is 27.5 Å². The number of nitrogens with one attached hydrogen (secondary N) is 1. The number of aromatic nitrogens is 1. The highest BCUT2D eigenvalue weighted by Gasteiger charge is 2.24. The van der Waals surface area contributed by atoms with E-state index in [-0.39, 0.29) is 28.1 Å². The Bertz CT molecular complexity index is 1080. The van der Waals surface area contributed by atoms with Crippen LogP contribution in [0.2, 0.25) is 5.02 Å². The summed E-state index contributed by atoms with van der Waals surface area (Å²) >= 11 is 6.16. The smallest absolute Gasteiger partial charge is 0.387 e. The molecule has 0 bridgehead atoms. The summed E-state index contributed by atoms with van der Waals surface area (Å²) < 4.78 is 74.3. The minimum atomic E-state index is -4.00. The summed E-state index contributed by atoms with van der Waals surface area (Å²) in [5.41, 5.74) is -0.817. The molecular formula is C18H16ClF3N2O5S. The number of alkyl halides is 2. The summed E-state index contributed by atoms with van der Waals surface area (Å²) in [6.45, 7) is -3.29. The van der Waals surface area contributed by atoms with Gasteiger partial charge in [0.05, 0.1) is 11.8 Å². The lowest BCUT2D eigenvalue weighted by molar-refractivity contribution is -0.0495. The zero-order valence-corrected chi connectivity index (χ0v) is 17.1. The lowest BCUT2D eigenvalue weighted by Crippen LogP contribution is -2.30. The van der Waals surface area contributed by atoms with Crippen molar-refractivity contribution in [2.45, 2.75) is 32.0 Å². The SMILES string of the molecule is CS(=O)(=O)NC(=O)c1cc(OC(F)F)c(-c2cnc(OC3CCC3)c(Cl)c2)cc1F. The Morgan fingerprint density at radius 3 is 2.53 bits per heavy atom. The van der Waals surface area contributed by atoms with E-state index >= 15 is 0 Å². The van der Waals surface area contributed by atoms with Gasteiger partial charge in [0.2, 0.25) is 15.9 Å². The van der Waals surface area contributed by atoms with E-state index in [1.54, 1.807) is 4.72 Å². The van der Waals surface area contributed by atoms with Crippen LogP contribution in [0, 0.1) is 5.82 Å². The van der Waals surface area contributed by atoms with Gasteiger partial charge in [0.15, 0.2) is 0 Å². The number of nitrogens with zero attached hydrogens (tertiary/aromatic N) is 1. The molecule has 1 amide bonds. The van der Waals surface area contributed by atoms with E-state index in [1.165, 1.54) is 12.3 Å². The van der Waals surface area contributed by atoms with Gasteiger partial charge in [-0.2, -0.15) is 8.78 Å². The number of hydrogen-bond acceptors (Lipinski definition) is 6. The number of halogens is 4. The minimum absolute atomic E-state index is 0.00339. The van der Waals surface area contributed by atoms with Crippen molar-refractivity contribution in [3.05, 3.63) is 40.8 Å². The molecule has 1 fully saturated rings. The average Bonchev–Trinajstić information content (AvgIpc) is 2.58. The molecule has 1 aromatic carbocycles. The van der Waals surface area contributed by atoms with Crippen molar-refractivity contribution in [3.63, 3.8) is 0 Å². The largest absolute Gasteiger partial charge is 0.473 e. The third kappa shape index (κ3) is 5.33. The van der Waals surface area contributed by atoms with Crippen LogP contribution in [0.1, 0.15) is 29.6 Å². The van der Waals surface area contributed by atoms with Crippen molar-refractivity contribution in [1.82, 2.24) is 9.71 Å². The molecule has 0 spiro atoms. The zero-order valence-electron chi connectivity index (χ0n) is 15.5. The van der Waals surface area contributed by atoms with Crippen LogP contribution in [-0.2, 0) is 10.0 Å². The van der Waals surface area contributed by atoms with Crippen LogP contribution >= 0.6 is 11.6 Å². The van der Waals surface area contributed by atoms with Gasteiger partial charge in [0.1, 0.15) is 22.7 Å². The van der Waals surface area contributed by atoms with Gasteiger partial charge >= 0.3 is 6.61 Å². The Balaban J connectivity index is 1.99.